The summed E-state index contributed by atoms with van der Waals surface area (Å²) in [7, 11) is 0. The molecule has 0 aliphatic carbocycles. The van der Waals surface area contributed by atoms with E-state index in [0.717, 1.165) is 17.5 Å². The molecule has 1 aromatic carbocycles. The highest BCUT2D eigenvalue weighted by molar-refractivity contribution is 5.68. The summed E-state index contributed by atoms with van der Waals surface area (Å²) < 4.78 is 5.17. The van der Waals surface area contributed by atoms with Gasteiger partial charge in [-0.15, -0.1) is 0 Å². The first-order valence-corrected chi connectivity index (χ1v) is 4.01. The molecule has 1 aliphatic rings. The van der Waals surface area contributed by atoms with Crippen LogP contribution in [0, 0.1) is 0 Å². The number of hydrogen-bond donors (Lipinski definition) is 2. The fraction of sp³-hybridized carbons (Fsp3) is 0.222. The van der Waals surface area contributed by atoms with Crippen LogP contribution in [0.4, 0.5) is 11.4 Å². The maximum Gasteiger partial charge on any atom is 0.184 e. The first-order chi connectivity index (χ1) is 6.29. The van der Waals surface area contributed by atoms with Gasteiger partial charge in [-0.25, -0.2) is 0 Å². The molecular weight excluding hydrogens is 168 g/mol. The molecule has 0 saturated carbocycles. The number of anilines is 2. The van der Waals surface area contributed by atoms with Crippen molar-refractivity contribution < 1.29 is 9.53 Å². The normalized spacial score (nSPS) is 20.2. The van der Waals surface area contributed by atoms with Gasteiger partial charge in [0, 0.05) is 16.9 Å². The maximum absolute atomic E-state index is 10.4. The van der Waals surface area contributed by atoms with Crippen molar-refractivity contribution in [2.75, 3.05) is 11.1 Å². The van der Waals surface area contributed by atoms with Crippen LogP contribution in [0.2, 0.25) is 0 Å². The van der Waals surface area contributed by atoms with Gasteiger partial charge in [-0.2, -0.15) is 0 Å². The van der Waals surface area contributed by atoms with Gasteiger partial charge < -0.3 is 15.8 Å². The van der Waals surface area contributed by atoms with Crippen LogP contribution in [0.1, 0.15) is 5.56 Å². The topological polar surface area (TPSA) is 64.3 Å². The molecule has 1 aliphatic heterocycles. The van der Waals surface area contributed by atoms with E-state index in [1.54, 1.807) is 6.07 Å². The summed E-state index contributed by atoms with van der Waals surface area (Å²) in [5, 5.41) is 2.92. The number of nitrogens with two attached hydrogens (primary N) is 1. The number of rotatable bonds is 1. The third-order valence-electron chi connectivity index (χ3n) is 1.97. The largest absolute Gasteiger partial charge is 0.399 e. The summed E-state index contributed by atoms with van der Waals surface area (Å²) in [5.74, 6) is 0. The predicted molar refractivity (Wildman–Crippen MR) is 49.1 cm³/mol. The Kier molecular flexibility index (Phi) is 1.90. The number of nitrogen functional groups attached to an aromatic ring is 1. The van der Waals surface area contributed by atoms with Gasteiger partial charge in [-0.1, -0.05) is 6.07 Å². The van der Waals surface area contributed by atoms with Crippen molar-refractivity contribution in [2.24, 2.45) is 0 Å². The Morgan fingerprint density at radius 1 is 1.62 bits per heavy atom. The zero-order valence-corrected chi connectivity index (χ0v) is 6.99. The van der Waals surface area contributed by atoms with E-state index < -0.39 is 6.23 Å². The Morgan fingerprint density at radius 2 is 2.46 bits per heavy atom. The highest BCUT2D eigenvalue weighted by atomic mass is 16.5. The molecule has 4 nitrogen and oxygen atoms in total. The average molecular weight is 178 g/mol. The van der Waals surface area contributed by atoms with E-state index in [2.05, 4.69) is 5.32 Å². The Bertz CT molecular complexity index is 338. The minimum Gasteiger partial charge on any atom is -0.399 e. The predicted octanol–water partition coefficient (Wildman–Crippen LogP) is 0.736. The minimum absolute atomic E-state index is 0.450. The van der Waals surface area contributed by atoms with Crippen LogP contribution >= 0.6 is 0 Å². The molecular formula is C9H10N2O2. The van der Waals surface area contributed by atoms with E-state index in [4.69, 9.17) is 10.5 Å². The van der Waals surface area contributed by atoms with E-state index in [-0.39, 0.29) is 0 Å². The highest BCUT2D eigenvalue weighted by Gasteiger charge is 2.16. The highest BCUT2D eigenvalue weighted by Crippen LogP contribution is 2.24. The van der Waals surface area contributed by atoms with Crippen LogP contribution in [0.25, 0.3) is 0 Å². The summed E-state index contributed by atoms with van der Waals surface area (Å²) in [6.45, 7) is 0.450. The van der Waals surface area contributed by atoms with Gasteiger partial charge in [-0.05, 0) is 12.1 Å². The Morgan fingerprint density at radius 3 is 3.23 bits per heavy atom. The fourth-order valence-corrected chi connectivity index (χ4v) is 1.30. The van der Waals surface area contributed by atoms with Crippen LogP contribution < -0.4 is 11.1 Å². The van der Waals surface area contributed by atoms with Crippen molar-refractivity contribution >= 4 is 17.7 Å². The van der Waals surface area contributed by atoms with Crippen molar-refractivity contribution in [1.82, 2.24) is 0 Å². The molecule has 1 aromatic rings. The molecule has 0 bridgehead atoms. The van der Waals surface area contributed by atoms with Gasteiger partial charge in [0.1, 0.15) is 0 Å². The molecule has 2 rings (SSSR count). The number of ether oxygens (including phenoxy) is 1. The van der Waals surface area contributed by atoms with Crippen molar-refractivity contribution in [3.8, 4) is 0 Å². The minimum atomic E-state index is -0.547. The molecule has 0 spiro atoms. The Balaban J connectivity index is 2.32. The van der Waals surface area contributed by atoms with E-state index in [1.807, 2.05) is 12.1 Å². The number of carbonyl (C=O) groups is 1. The summed E-state index contributed by atoms with van der Waals surface area (Å²) >= 11 is 0. The number of fused-ring (bicyclic) bond motifs is 1. The smallest absolute Gasteiger partial charge is 0.184 e. The lowest BCUT2D eigenvalue weighted by atomic mass is 10.1. The quantitative estimate of drug-likeness (QED) is 0.491. The first kappa shape index (κ1) is 8.07. The van der Waals surface area contributed by atoms with Crippen molar-refractivity contribution in [2.45, 2.75) is 12.8 Å². The zero-order valence-electron chi connectivity index (χ0n) is 6.99. The molecule has 0 saturated heterocycles. The average Bonchev–Trinajstić information content (AvgIpc) is 2.16. The molecule has 0 fully saturated rings. The molecule has 4 heteroatoms. The van der Waals surface area contributed by atoms with Gasteiger partial charge in [0.25, 0.3) is 0 Å². The second-order valence-electron chi connectivity index (χ2n) is 2.93. The van der Waals surface area contributed by atoms with Crippen molar-refractivity contribution in [3.05, 3.63) is 23.8 Å². The molecule has 0 radical (unpaired) electrons. The number of benzene rings is 1. The SMILES string of the molecule is Nc1ccc2c(c1)NC(C=O)OC2. The monoisotopic (exact) mass is 178 g/mol. The fourth-order valence-electron chi connectivity index (χ4n) is 1.30. The van der Waals surface area contributed by atoms with E-state index >= 15 is 0 Å². The second-order valence-corrected chi connectivity index (χ2v) is 2.93. The number of hydrogen-bond acceptors (Lipinski definition) is 4. The van der Waals surface area contributed by atoms with Gasteiger partial charge in [-0.3, -0.25) is 4.79 Å². The molecule has 1 unspecified atom stereocenters. The number of carbonyl (C=O) groups excluding carboxylic acids is 1. The molecule has 1 heterocycles. The van der Waals surface area contributed by atoms with E-state index in [9.17, 15) is 4.79 Å². The van der Waals surface area contributed by atoms with E-state index in [1.165, 1.54) is 0 Å². The van der Waals surface area contributed by atoms with Crippen LogP contribution in [-0.2, 0) is 16.1 Å². The van der Waals surface area contributed by atoms with Crippen molar-refractivity contribution in [3.63, 3.8) is 0 Å². The zero-order chi connectivity index (χ0) is 9.26. The summed E-state index contributed by atoms with van der Waals surface area (Å²) in [5.41, 5.74) is 8.18. The lowest BCUT2D eigenvalue weighted by Crippen LogP contribution is -2.29. The molecule has 68 valence electrons. The van der Waals surface area contributed by atoms with Gasteiger partial charge >= 0.3 is 0 Å². The summed E-state index contributed by atoms with van der Waals surface area (Å²) in [6, 6.07) is 5.50. The lowest BCUT2D eigenvalue weighted by Gasteiger charge is -2.23. The summed E-state index contributed by atoms with van der Waals surface area (Å²) in [6.07, 6.45) is 0.181. The van der Waals surface area contributed by atoms with E-state index in [0.29, 0.717) is 12.3 Å². The Hall–Kier alpha value is -1.55. The summed E-state index contributed by atoms with van der Waals surface area (Å²) in [4.78, 5) is 10.4. The Labute approximate surface area is 75.7 Å². The van der Waals surface area contributed by atoms with Crippen LogP contribution in [0.3, 0.4) is 0 Å². The standard InChI is InChI=1S/C9H10N2O2/c10-7-2-1-6-5-13-9(4-12)11-8(6)3-7/h1-4,9,11H,5,10H2. The van der Waals surface area contributed by atoms with Gasteiger partial charge in [0.2, 0.25) is 0 Å². The van der Waals surface area contributed by atoms with Gasteiger partial charge in [0.05, 0.1) is 6.61 Å². The molecule has 1 atom stereocenters. The maximum atomic E-state index is 10.4. The number of nitrogens with one attached hydrogen (secondary N) is 1. The second kappa shape index (κ2) is 3.06. The third kappa shape index (κ3) is 1.48. The third-order valence-corrected chi connectivity index (χ3v) is 1.97. The van der Waals surface area contributed by atoms with Gasteiger partial charge in [0.15, 0.2) is 12.5 Å². The van der Waals surface area contributed by atoms with Crippen LogP contribution in [-0.4, -0.2) is 12.5 Å². The molecule has 3 N–H and O–H groups in total. The number of aldehydes is 1. The first-order valence-electron chi connectivity index (χ1n) is 4.01. The van der Waals surface area contributed by atoms with Crippen LogP contribution in [0.15, 0.2) is 18.2 Å². The van der Waals surface area contributed by atoms with Crippen LogP contribution in [0.5, 0.6) is 0 Å². The lowest BCUT2D eigenvalue weighted by molar-refractivity contribution is -0.117. The van der Waals surface area contributed by atoms with Crippen molar-refractivity contribution in [1.29, 1.82) is 0 Å². The molecule has 13 heavy (non-hydrogen) atoms. The molecule has 0 aromatic heterocycles. The molecule has 0 amide bonds.